The van der Waals surface area contributed by atoms with Gasteiger partial charge >= 0.3 is 6.09 Å². The Morgan fingerprint density at radius 3 is 2.90 bits per heavy atom. The molecule has 0 saturated carbocycles. The van der Waals surface area contributed by atoms with Gasteiger partial charge in [0.05, 0.1) is 31.1 Å². The molecule has 1 unspecified atom stereocenters. The van der Waals surface area contributed by atoms with Gasteiger partial charge in [-0.15, -0.1) is 0 Å². The predicted octanol–water partition coefficient (Wildman–Crippen LogP) is 1.27. The molecule has 2 heterocycles. The number of aromatic nitrogens is 2. The van der Waals surface area contributed by atoms with E-state index in [4.69, 9.17) is 15.2 Å². The lowest BCUT2D eigenvalue weighted by Gasteiger charge is -2.27. The summed E-state index contributed by atoms with van der Waals surface area (Å²) in [4.78, 5) is 13.8. The Kier molecular flexibility index (Phi) is 4.17. The predicted molar refractivity (Wildman–Crippen MR) is 74.3 cm³/mol. The molecule has 7 nitrogen and oxygen atoms in total. The summed E-state index contributed by atoms with van der Waals surface area (Å²) in [5, 5.41) is 4.18. The third-order valence-electron chi connectivity index (χ3n) is 2.89. The largest absolute Gasteiger partial charge is 0.444 e. The monoisotopic (exact) mass is 282 g/mol. The molecule has 7 heteroatoms. The molecule has 0 aromatic carbocycles. The van der Waals surface area contributed by atoms with Crippen molar-refractivity contribution in [3.63, 3.8) is 0 Å². The second-order valence-electron chi connectivity index (χ2n) is 5.91. The summed E-state index contributed by atoms with van der Waals surface area (Å²) in [5.74, 6) is 0. The molecule has 2 rings (SSSR count). The summed E-state index contributed by atoms with van der Waals surface area (Å²) in [6.45, 7) is 7.56. The van der Waals surface area contributed by atoms with Crippen LogP contribution in [0, 0.1) is 0 Å². The van der Waals surface area contributed by atoms with Gasteiger partial charge in [-0.3, -0.25) is 4.68 Å². The normalized spacial score (nSPS) is 20.6. The molecule has 0 radical (unpaired) electrons. The molecule has 1 aromatic rings. The van der Waals surface area contributed by atoms with Gasteiger partial charge in [-0.2, -0.15) is 5.10 Å². The fraction of sp³-hybridized carbons (Fsp3) is 0.692. The Morgan fingerprint density at radius 2 is 2.30 bits per heavy atom. The van der Waals surface area contributed by atoms with Crippen LogP contribution in [0.4, 0.5) is 10.5 Å². The Hall–Kier alpha value is -1.76. The first kappa shape index (κ1) is 14.6. The van der Waals surface area contributed by atoms with Gasteiger partial charge in [0.25, 0.3) is 0 Å². The number of carbonyl (C=O) groups excluding carboxylic acids is 1. The van der Waals surface area contributed by atoms with Crippen molar-refractivity contribution < 1.29 is 14.3 Å². The van der Waals surface area contributed by atoms with Gasteiger partial charge in [-0.05, 0) is 20.8 Å². The second-order valence-corrected chi connectivity index (χ2v) is 5.91. The van der Waals surface area contributed by atoms with Crippen molar-refractivity contribution in [1.82, 2.24) is 14.7 Å². The van der Waals surface area contributed by atoms with E-state index in [0.29, 0.717) is 32.0 Å². The zero-order chi connectivity index (χ0) is 14.8. The maximum atomic E-state index is 12.1. The number of carbonyl (C=O) groups is 1. The Balaban J connectivity index is 2.05. The van der Waals surface area contributed by atoms with Crippen molar-refractivity contribution in [3.05, 3.63) is 12.4 Å². The highest BCUT2D eigenvalue weighted by Crippen LogP contribution is 2.17. The van der Waals surface area contributed by atoms with Gasteiger partial charge in [0.2, 0.25) is 0 Å². The molecular formula is C13H22N4O3. The average molecular weight is 282 g/mol. The molecule has 20 heavy (non-hydrogen) atoms. The molecule has 1 atom stereocenters. The number of nitrogen functional groups attached to an aromatic ring is 1. The van der Waals surface area contributed by atoms with Crippen molar-refractivity contribution in [2.45, 2.75) is 32.4 Å². The van der Waals surface area contributed by atoms with E-state index in [1.54, 1.807) is 22.0 Å². The highest BCUT2D eigenvalue weighted by Gasteiger charge is 2.27. The summed E-state index contributed by atoms with van der Waals surface area (Å²) in [6.07, 6.45) is 3.00. The number of hydrogen-bond donors (Lipinski definition) is 1. The molecule has 0 spiro atoms. The zero-order valence-corrected chi connectivity index (χ0v) is 12.2. The van der Waals surface area contributed by atoms with Crippen LogP contribution in [-0.2, 0) is 9.47 Å². The van der Waals surface area contributed by atoms with Crippen LogP contribution >= 0.6 is 0 Å². The highest BCUT2D eigenvalue weighted by atomic mass is 16.6. The summed E-state index contributed by atoms with van der Waals surface area (Å²) >= 11 is 0. The van der Waals surface area contributed by atoms with E-state index in [1.807, 2.05) is 20.8 Å². The van der Waals surface area contributed by atoms with Gasteiger partial charge in [-0.25, -0.2) is 4.79 Å². The molecule has 112 valence electrons. The molecule has 1 saturated heterocycles. The Labute approximate surface area is 118 Å². The number of hydrogen-bond acceptors (Lipinski definition) is 5. The van der Waals surface area contributed by atoms with Gasteiger partial charge in [0, 0.05) is 19.3 Å². The van der Waals surface area contributed by atoms with Gasteiger partial charge in [0.1, 0.15) is 5.60 Å². The Bertz CT molecular complexity index is 466. The van der Waals surface area contributed by atoms with E-state index < -0.39 is 5.60 Å². The maximum Gasteiger partial charge on any atom is 0.410 e. The molecule has 1 amide bonds. The van der Waals surface area contributed by atoms with Crippen molar-refractivity contribution in [1.29, 1.82) is 0 Å². The van der Waals surface area contributed by atoms with Crippen molar-refractivity contribution >= 4 is 11.8 Å². The SMILES string of the molecule is CC(C)(C)OC(=O)N1CCOCC(n2cc(N)cn2)C1. The van der Waals surface area contributed by atoms with Gasteiger partial charge < -0.3 is 20.1 Å². The quantitative estimate of drug-likeness (QED) is 0.838. The third kappa shape index (κ3) is 3.86. The summed E-state index contributed by atoms with van der Waals surface area (Å²) < 4.78 is 12.7. The number of anilines is 1. The minimum Gasteiger partial charge on any atom is -0.444 e. The number of nitrogens with two attached hydrogens (primary N) is 1. The van der Waals surface area contributed by atoms with Crippen LogP contribution < -0.4 is 5.73 Å². The smallest absolute Gasteiger partial charge is 0.410 e. The lowest BCUT2D eigenvalue weighted by atomic mass is 10.2. The first-order chi connectivity index (χ1) is 9.35. The van der Waals surface area contributed by atoms with E-state index in [-0.39, 0.29) is 12.1 Å². The standard InChI is InChI=1S/C13H22N4O3/c1-13(2,3)20-12(18)16-4-5-19-9-11(8-16)17-7-10(14)6-15-17/h6-7,11H,4-5,8-9,14H2,1-3H3. The van der Waals surface area contributed by atoms with E-state index >= 15 is 0 Å². The number of nitrogens with zero attached hydrogens (tertiary/aromatic N) is 3. The molecule has 1 aromatic heterocycles. The molecule has 0 aliphatic carbocycles. The minimum atomic E-state index is -0.504. The first-order valence-corrected chi connectivity index (χ1v) is 6.70. The number of ether oxygens (including phenoxy) is 2. The molecule has 1 fully saturated rings. The van der Waals surface area contributed by atoms with E-state index in [1.165, 1.54) is 0 Å². The van der Waals surface area contributed by atoms with E-state index in [0.717, 1.165) is 0 Å². The van der Waals surface area contributed by atoms with Crippen LogP contribution in [0.3, 0.4) is 0 Å². The van der Waals surface area contributed by atoms with E-state index in [9.17, 15) is 4.79 Å². The highest BCUT2D eigenvalue weighted by molar-refractivity contribution is 5.68. The van der Waals surface area contributed by atoms with Gasteiger partial charge in [0.15, 0.2) is 0 Å². The van der Waals surface area contributed by atoms with Crippen LogP contribution in [-0.4, -0.2) is 52.7 Å². The fourth-order valence-electron chi connectivity index (χ4n) is 2.00. The third-order valence-corrected chi connectivity index (χ3v) is 2.89. The minimum absolute atomic E-state index is 0.0534. The van der Waals surface area contributed by atoms with E-state index in [2.05, 4.69) is 5.10 Å². The van der Waals surface area contributed by atoms with Crippen molar-refractivity contribution in [2.24, 2.45) is 0 Å². The number of amides is 1. The molecule has 2 N–H and O–H groups in total. The summed E-state index contributed by atoms with van der Waals surface area (Å²) in [5.41, 5.74) is 5.76. The van der Waals surface area contributed by atoms with Crippen molar-refractivity contribution in [3.8, 4) is 0 Å². The lowest BCUT2D eigenvalue weighted by Crippen LogP contribution is -2.40. The van der Waals surface area contributed by atoms with Gasteiger partial charge in [-0.1, -0.05) is 0 Å². The summed E-state index contributed by atoms with van der Waals surface area (Å²) in [6, 6.07) is -0.0534. The fourth-order valence-corrected chi connectivity index (χ4v) is 2.00. The first-order valence-electron chi connectivity index (χ1n) is 6.70. The van der Waals surface area contributed by atoms with Crippen LogP contribution in [0.2, 0.25) is 0 Å². The maximum absolute atomic E-state index is 12.1. The van der Waals surface area contributed by atoms with Crippen LogP contribution in [0.5, 0.6) is 0 Å². The lowest BCUT2D eigenvalue weighted by molar-refractivity contribution is 0.0234. The topological polar surface area (TPSA) is 82.6 Å². The molecular weight excluding hydrogens is 260 g/mol. The van der Waals surface area contributed by atoms with Crippen LogP contribution in [0.15, 0.2) is 12.4 Å². The zero-order valence-electron chi connectivity index (χ0n) is 12.2. The number of rotatable bonds is 1. The van der Waals surface area contributed by atoms with Crippen molar-refractivity contribution in [2.75, 3.05) is 32.0 Å². The van der Waals surface area contributed by atoms with Crippen LogP contribution in [0.25, 0.3) is 0 Å². The molecule has 1 aliphatic heterocycles. The Morgan fingerprint density at radius 1 is 1.55 bits per heavy atom. The second kappa shape index (κ2) is 5.70. The molecule has 0 bridgehead atoms. The molecule has 1 aliphatic rings. The average Bonchev–Trinajstić information content (AvgIpc) is 2.62. The summed E-state index contributed by atoms with van der Waals surface area (Å²) in [7, 11) is 0. The van der Waals surface area contributed by atoms with Crippen LogP contribution in [0.1, 0.15) is 26.8 Å².